The third-order valence-electron chi connectivity index (χ3n) is 2.75. The summed E-state index contributed by atoms with van der Waals surface area (Å²) in [6, 6.07) is 9.36. The molecule has 0 aromatic heterocycles. The average molecular weight is 277 g/mol. The van der Waals surface area contributed by atoms with Crippen molar-refractivity contribution in [3.8, 4) is 0 Å². The molecular weight excluding hydrogens is 254 g/mol. The SMILES string of the molecule is CC(=O)C(CCc1ccccc1)NC(=O)OC(C)(C)C. The van der Waals surface area contributed by atoms with Gasteiger partial charge in [0.05, 0.1) is 6.04 Å². The highest BCUT2D eigenvalue weighted by Gasteiger charge is 2.21. The van der Waals surface area contributed by atoms with Gasteiger partial charge in [0, 0.05) is 0 Å². The fraction of sp³-hybridized carbons (Fsp3) is 0.500. The molecule has 0 aliphatic rings. The molecule has 0 radical (unpaired) electrons. The molecule has 20 heavy (non-hydrogen) atoms. The van der Waals surface area contributed by atoms with E-state index in [4.69, 9.17) is 4.74 Å². The lowest BCUT2D eigenvalue weighted by Gasteiger charge is -2.22. The second-order valence-electron chi connectivity index (χ2n) is 5.83. The molecular formula is C16H23NO3. The number of aryl methyl sites for hydroxylation is 1. The summed E-state index contributed by atoms with van der Waals surface area (Å²) in [6.45, 7) is 6.85. The second kappa shape index (κ2) is 7.08. The van der Waals surface area contributed by atoms with Crippen LogP contribution >= 0.6 is 0 Å². The lowest BCUT2D eigenvalue weighted by molar-refractivity contribution is -0.119. The normalized spacial score (nSPS) is 12.6. The van der Waals surface area contributed by atoms with E-state index in [0.29, 0.717) is 6.42 Å². The van der Waals surface area contributed by atoms with Crippen molar-refractivity contribution in [3.63, 3.8) is 0 Å². The van der Waals surface area contributed by atoms with Crippen molar-refractivity contribution >= 4 is 11.9 Å². The molecule has 1 unspecified atom stereocenters. The number of carbonyl (C=O) groups is 2. The van der Waals surface area contributed by atoms with Gasteiger partial charge in [-0.1, -0.05) is 30.3 Å². The summed E-state index contributed by atoms with van der Waals surface area (Å²) in [5, 5.41) is 2.63. The molecule has 0 heterocycles. The number of hydrogen-bond donors (Lipinski definition) is 1. The van der Waals surface area contributed by atoms with Gasteiger partial charge in [-0.15, -0.1) is 0 Å². The standard InChI is InChI=1S/C16H23NO3/c1-12(18)14(17-15(19)20-16(2,3)4)11-10-13-8-6-5-7-9-13/h5-9,14H,10-11H2,1-4H3,(H,17,19). The van der Waals surface area contributed by atoms with Crippen molar-refractivity contribution in [2.24, 2.45) is 0 Å². The van der Waals surface area contributed by atoms with Crippen molar-refractivity contribution in [1.29, 1.82) is 0 Å². The molecule has 1 N–H and O–H groups in total. The zero-order chi connectivity index (χ0) is 15.2. The van der Waals surface area contributed by atoms with Crippen LogP contribution in [0.25, 0.3) is 0 Å². The molecule has 4 nitrogen and oxygen atoms in total. The molecule has 0 saturated carbocycles. The van der Waals surface area contributed by atoms with E-state index in [1.807, 2.05) is 30.3 Å². The summed E-state index contributed by atoms with van der Waals surface area (Å²) in [7, 11) is 0. The van der Waals surface area contributed by atoms with Crippen LogP contribution in [0.2, 0.25) is 0 Å². The number of benzene rings is 1. The van der Waals surface area contributed by atoms with Crippen LogP contribution in [0.3, 0.4) is 0 Å². The summed E-state index contributed by atoms with van der Waals surface area (Å²) >= 11 is 0. The highest BCUT2D eigenvalue weighted by molar-refractivity contribution is 5.85. The van der Waals surface area contributed by atoms with Crippen LogP contribution in [0.1, 0.15) is 39.7 Å². The average Bonchev–Trinajstić information content (AvgIpc) is 2.33. The molecule has 0 spiro atoms. The van der Waals surface area contributed by atoms with Crippen LogP contribution in [0, 0.1) is 0 Å². The molecule has 110 valence electrons. The first-order valence-corrected chi connectivity index (χ1v) is 6.82. The molecule has 0 aliphatic heterocycles. The lowest BCUT2D eigenvalue weighted by Crippen LogP contribution is -2.42. The van der Waals surface area contributed by atoms with Crippen LogP contribution in [-0.2, 0) is 16.0 Å². The second-order valence-corrected chi connectivity index (χ2v) is 5.83. The predicted octanol–water partition coefficient (Wildman–Crippen LogP) is 3.10. The molecule has 1 atom stereocenters. The number of rotatable bonds is 5. The molecule has 0 bridgehead atoms. The minimum Gasteiger partial charge on any atom is -0.444 e. The van der Waals surface area contributed by atoms with Crippen LogP contribution in [-0.4, -0.2) is 23.5 Å². The summed E-state index contributed by atoms with van der Waals surface area (Å²) in [6.07, 6.45) is 0.755. The smallest absolute Gasteiger partial charge is 0.408 e. The van der Waals surface area contributed by atoms with Gasteiger partial charge in [0.1, 0.15) is 5.60 Å². The highest BCUT2D eigenvalue weighted by Crippen LogP contribution is 2.09. The number of amides is 1. The van der Waals surface area contributed by atoms with E-state index in [-0.39, 0.29) is 5.78 Å². The van der Waals surface area contributed by atoms with Gasteiger partial charge >= 0.3 is 6.09 Å². The Kier molecular flexibility index (Phi) is 5.74. The highest BCUT2D eigenvalue weighted by atomic mass is 16.6. The van der Waals surface area contributed by atoms with Gasteiger partial charge < -0.3 is 10.1 Å². The number of ether oxygens (including phenoxy) is 1. The third kappa shape index (κ3) is 6.36. The van der Waals surface area contributed by atoms with Crippen LogP contribution < -0.4 is 5.32 Å². The van der Waals surface area contributed by atoms with Crippen molar-refractivity contribution < 1.29 is 14.3 Å². The Bertz CT molecular complexity index is 449. The Morgan fingerprint density at radius 1 is 1.20 bits per heavy atom. The molecule has 1 aromatic rings. The molecule has 0 saturated heterocycles. The minimum atomic E-state index is -0.565. The molecule has 1 aromatic carbocycles. The van der Waals surface area contributed by atoms with E-state index in [2.05, 4.69) is 5.32 Å². The molecule has 4 heteroatoms. The van der Waals surface area contributed by atoms with Gasteiger partial charge in [-0.2, -0.15) is 0 Å². The van der Waals surface area contributed by atoms with Gasteiger partial charge in [0.15, 0.2) is 5.78 Å². The van der Waals surface area contributed by atoms with E-state index in [1.165, 1.54) is 6.92 Å². The first-order valence-electron chi connectivity index (χ1n) is 6.82. The Morgan fingerprint density at radius 3 is 2.30 bits per heavy atom. The maximum atomic E-state index is 11.7. The third-order valence-corrected chi connectivity index (χ3v) is 2.75. The van der Waals surface area contributed by atoms with E-state index in [0.717, 1.165) is 12.0 Å². The van der Waals surface area contributed by atoms with Gasteiger partial charge in [-0.25, -0.2) is 4.79 Å². The number of carbonyl (C=O) groups excluding carboxylic acids is 2. The van der Waals surface area contributed by atoms with E-state index < -0.39 is 17.7 Å². The fourth-order valence-corrected chi connectivity index (χ4v) is 1.78. The Balaban J connectivity index is 2.53. The Morgan fingerprint density at radius 2 is 1.80 bits per heavy atom. The topological polar surface area (TPSA) is 55.4 Å². The molecule has 1 amide bonds. The number of nitrogens with one attached hydrogen (secondary N) is 1. The quantitative estimate of drug-likeness (QED) is 0.899. The van der Waals surface area contributed by atoms with Crippen LogP contribution in [0.15, 0.2) is 30.3 Å². The van der Waals surface area contributed by atoms with E-state index in [9.17, 15) is 9.59 Å². The number of Topliss-reactive ketones (excluding diaryl/α,β-unsaturated/α-hetero) is 1. The molecule has 0 aliphatic carbocycles. The minimum absolute atomic E-state index is 0.0632. The predicted molar refractivity (Wildman–Crippen MR) is 78.6 cm³/mol. The zero-order valence-electron chi connectivity index (χ0n) is 12.6. The maximum absolute atomic E-state index is 11.7. The van der Waals surface area contributed by atoms with Crippen molar-refractivity contribution in [2.75, 3.05) is 0 Å². The summed E-state index contributed by atoms with van der Waals surface area (Å²) < 4.78 is 5.17. The fourth-order valence-electron chi connectivity index (χ4n) is 1.78. The molecule has 1 rings (SSSR count). The van der Waals surface area contributed by atoms with Gasteiger partial charge in [0.25, 0.3) is 0 Å². The maximum Gasteiger partial charge on any atom is 0.408 e. The van der Waals surface area contributed by atoms with Gasteiger partial charge in [-0.3, -0.25) is 4.79 Å². The van der Waals surface area contributed by atoms with Crippen molar-refractivity contribution in [3.05, 3.63) is 35.9 Å². The van der Waals surface area contributed by atoms with Crippen molar-refractivity contribution in [1.82, 2.24) is 5.32 Å². The largest absolute Gasteiger partial charge is 0.444 e. The summed E-state index contributed by atoms with van der Waals surface area (Å²) in [5.41, 5.74) is 0.579. The Hall–Kier alpha value is -1.84. The number of alkyl carbamates (subject to hydrolysis) is 1. The lowest BCUT2D eigenvalue weighted by atomic mass is 10.0. The van der Waals surface area contributed by atoms with Crippen LogP contribution in [0.5, 0.6) is 0 Å². The zero-order valence-corrected chi connectivity index (χ0v) is 12.6. The number of hydrogen-bond acceptors (Lipinski definition) is 3. The van der Waals surface area contributed by atoms with E-state index >= 15 is 0 Å². The number of ketones is 1. The van der Waals surface area contributed by atoms with Gasteiger partial charge in [0.2, 0.25) is 0 Å². The first-order chi connectivity index (χ1) is 9.28. The monoisotopic (exact) mass is 277 g/mol. The van der Waals surface area contributed by atoms with E-state index in [1.54, 1.807) is 20.8 Å². The van der Waals surface area contributed by atoms with Crippen LogP contribution in [0.4, 0.5) is 4.79 Å². The molecule has 0 fully saturated rings. The first kappa shape index (κ1) is 16.2. The Labute approximate surface area is 120 Å². The summed E-state index contributed by atoms with van der Waals surface area (Å²) in [4.78, 5) is 23.3. The van der Waals surface area contributed by atoms with Crippen molar-refractivity contribution in [2.45, 2.75) is 52.2 Å². The van der Waals surface area contributed by atoms with Gasteiger partial charge in [-0.05, 0) is 46.1 Å². The summed E-state index contributed by atoms with van der Waals surface area (Å²) in [5.74, 6) is -0.0632.